The maximum absolute atomic E-state index is 12.3. The first-order valence-electron chi connectivity index (χ1n) is 7.41. The molecule has 3 rings (SSSR count). The van der Waals surface area contributed by atoms with Crippen molar-refractivity contribution in [1.82, 2.24) is 4.90 Å². The lowest BCUT2D eigenvalue weighted by Gasteiger charge is -2.33. The van der Waals surface area contributed by atoms with Crippen LogP contribution in [0.3, 0.4) is 0 Å². The summed E-state index contributed by atoms with van der Waals surface area (Å²) in [7, 11) is 0. The number of rotatable bonds is 3. The lowest BCUT2D eigenvalue weighted by Crippen LogP contribution is -2.39. The molecule has 5 heteroatoms. The van der Waals surface area contributed by atoms with E-state index in [0.29, 0.717) is 17.6 Å². The Labute approximate surface area is 139 Å². The first-order chi connectivity index (χ1) is 10.5. The number of thiophene rings is 1. The zero-order valence-electron chi connectivity index (χ0n) is 12.7. The number of aryl methyl sites for hydroxylation is 1. The molecule has 0 radical (unpaired) electrons. The summed E-state index contributed by atoms with van der Waals surface area (Å²) < 4.78 is 0. The number of nitrogens with one attached hydrogen (secondary N) is 1. The van der Waals surface area contributed by atoms with Gasteiger partial charge < -0.3 is 5.32 Å². The van der Waals surface area contributed by atoms with Crippen LogP contribution in [0, 0.1) is 6.92 Å². The summed E-state index contributed by atoms with van der Waals surface area (Å²) in [6.07, 6.45) is 1.03. The summed E-state index contributed by atoms with van der Waals surface area (Å²) in [5, 5.41) is 5.75. The molecule has 0 aliphatic carbocycles. The minimum absolute atomic E-state index is 0.0101. The third-order valence-electron chi connectivity index (χ3n) is 4.22. The number of hydrogen-bond acceptors (Lipinski definition) is 3. The highest BCUT2D eigenvalue weighted by Gasteiger charge is 2.26. The fourth-order valence-corrected chi connectivity index (χ4v) is 4.02. The molecule has 1 N–H and O–H groups in total. The smallest absolute Gasteiger partial charge is 0.238 e. The van der Waals surface area contributed by atoms with Crippen LogP contribution >= 0.6 is 22.9 Å². The second-order valence-electron chi connectivity index (χ2n) is 5.70. The number of halogens is 1. The van der Waals surface area contributed by atoms with Gasteiger partial charge in [-0.2, -0.15) is 0 Å². The number of carbonyl (C=O) groups is 1. The normalized spacial score (nSPS) is 18.0. The van der Waals surface area contributed by atoms with Gasteiger partial charge in [0.2, 0.25) is 5.91 Å². The van der Waals surface area contributed by atoms with Crippen LogP contribution < -0.4 is 5.32 Å². The quantitative estimate of drug-likeness (QED) is 0.909. The van der Waals surface area contributed by atoms with E-state index in [4.69, 9.17) is 11.6 Å². The molecule has 1 aliphatic heterocycles. The molecule has 2 aromatic rings. The van der Waals surface area contributed by atoms with Crippen LogP contribution in [-0.4, -0.2) is 23.9 Å². The molecule has 0 fully saturated rings. The number of benzene rings is 1. The fourth-order valence-electron chi connectivity index (χ4n) is 2.88. The molecule has 0 spiro atoms. The average Bonchev–Trinajstić information content (AvgIpc) is 2.95. The van der Waals surface area contributed by atoms with Crippen LogP contribution in [0.2, 0.25) is 5.02 Å². The van der Waals surface area contributed by atoms with Crippen LogP contribution in [0.25, 0.3) is 0 Å². The molecule has 0 bridgehead atoms. The molecule has 116 valence electrons. The molecule has 2 heterocycles. The number of nitrogens with zero attached hydrogens (tertiary/aromatic N) is 1. The predicted molar refractivity (Wildman–Crippen MR) is 92.8 cm³/mol. The van der Waals surface area contributed by atoms with E-state index in [1.165, 1.54) is 10.4 Å². The Morgan fingerprint density at radius 1 is 1.45 bits per heavy atom. The molecular formula is C17H19ClN2OS. The number of anilines is 1. The van der Waals surface area contributed by atoms with E-state index >= 15 is 0 Å². The van der Waals surface area contributed by atoms with Crippen molar-refractivity contribution in [2.45, 2.75) is 26.3 Å². The molecule has 1 aliphatic rings. The molecule has 3 nitrogen and oxygen atoms in total. The van der Waals surface area contributed by atoms with Gasteiger partial charge in [0.25, 0.3) is 0 Å². The summed E-state index contributed by atoms with van der Waals surface area (Å²) in [6, 6.07) is 8.01. The number of hydrogen-bond donors (Lipinski definition) is 1. The second kappa shape index (κ2) is 6.41. The van der Waals surface area contributed by atoms with Crippen molar-refractivity contribution in [1.29, 1.82) is 0 Å². The van der Waals surface area contributed by atoms with Crippen LogP contribution in [-0.2, 0) is 11.2 Å². The number of fused-ring (bicyclic) bond motifs is 1. The molecule has 0 unspecified atom stereocenters. The van der Waals surface area contributed by atoms with Crippen molar-refractivity contribution in [3.8, 4) is 0 Å². The first-order valence-corrected chi connectivity index (χ1v) is 8.66. The molecule has 1 atom stereocenters. The van der Waals surface area contributed by atoms with Crippen molar-refractivity contribution < 1.29 is 4.79 Å². The third kappa shape index (κ3) is 3.19. The Balaban J connectivity index is 1.66. The van der Waals surface area contributed by atoms with Crippen LogP contribution in [0.4, 0.5) is 5.69 Å². The van der Waals surface area contributed by atoms with Crippen molar-refractivity contribution in [3.63, 3.8) is 0 Å². The zero-order chi connectivity index (χ0) is 15.7. The molecule has 22 heavy (non-hydrogen) atoms. The number of carbonyl (C=O) groups excluding carboxylic acids is 1. The van der Waals surface area contributed by atoms with Gasteiger partial charge in [-0.3, -0.25) is 9.69 Å². The van der Waals surface area contributed by atoms with Gasteiger partial charge in [0.1, 0.15) is 0 Å². The highest BCUT2D eigenvalue weighted by Crippen LogP contribution is 2.32. The van der Waals surface area contributed by atoms with Crippen LogP contribution in [0.1, 0.15) is 29.0 Å². The Morgan fingerprint density at radius 2 is 2.27 bits per heavy atom. The van der Waals surface area contributed by atoms with E-state index in [9.17, 15) is 4.79 Å². The van der Waals surface area contributed by atoms with E-state index in [1.54, 1.807) is 6.07 Å². The maximum Gasteiger partial charge on any atom is 0.238 e. The standard InChI is InChI=1S/C17H19ClN2OS/c1-11-3-4-13(18)9-15(11)19-17(21)10-20-7-5-16-14(12(20)2)6-8-22-16/h3-4,6,8-9,12H,5,7,10H2,1-2H3,(H,19,21)/t12-/m1/s1. The van der Waals surface area contributed by atoms with Gasteiger partial charge in [-0.1, -0.05) is 17.7 Å². The molecule has 0 saturated carbocycles. The van der Waals surface area contributed by atoms with Crippen molar-refractivity contribution in [2.24, 2.45) is 0 Å². The van der Waals surface area contributed by atoms with E-state index in [2.05, 4.69) is 28.6 Å². The van der Waals surface area contributed by atoms with Gasteiger partial charge in [-0.15, -0.1) is 11.3 Å². The average molecular weight is 335 g/mol. The summed E-state index contributed by atoms with van der Waals surface area (Å²) in [5.41, 5.74) is 3.17. The lowest BCUT2D eigenvalue weighted by atomic mass is 10.0. The Morgan fingerprint density at radius 3 is 3.09 bits per heavy atom. The van der Waals surface area contributed by atoms with Crippen molar-refractivity contribution in [2.75, 3.05) is 18.4 Å². The highest BCUT2D eigenvalue weighted by molar-refractivity contribution is 7.10. The van der Waals surface area contributed by atoms with Crippen molar-refractivity contribution >= 4 is 34.5 Å². The fraction of sp³-hybridized carbons (Fsp3) is 0.353. The van der Waals surface area contributed by atoms with E-state index in [1.807, 2.05) is 30.4 Å². The Kier molecular flexibility index (Phi) is 4.52. The molecular weight excluding hydrogens is 316 g/mol. The third-order valence-corrected chi connectivity index (χ3v) is 5.46. The molecule has 1 aromatic heterocycles. The molecule has 1 amide bonds. The SMILES string of the molecule is Cc1ccc(Cl)cc1NC(=O)CN1CCc2sccc2[C@H]1C. The number of amides is 1. The van der Waals surface area contributed by atoms with Crippen LogP contribution in [0.15, 0.2) is 29.6 Å². The Hall–Kier alpha value is -1.36. The molecule has 0 saturated heterocycles. The van der Waals surface area contributed by atoms with Gasteiger partial charge in [0.15, 0.2) is 0 Å². The minimum Gasteiger partial charge on any atom is -0.325 e. The molecule has 1 aromatic carbocycles. The summed E-state index contributed by atoms with van der Waals surface area (Å²) in [4.78, 5) is 16.0. The summed E-state index contributed by atoms with van der Waals surface area (Å²) >= 11 is 7.81. The van der Waals surface area contributed by atoms with Gasteiger partial charge in [-0.25, -0.2) is 0 Å². The van der Waals surface area contributed by atoms with E-state index in [0.717, 1.165) is 24.2 Å². The van der Waals surface area contributed by atoms with E-state index in [-0.39, 0.29) is 5.91 Å². The highest BCUT2D eigenvalue weighted by atomic mass is 35.5. The minimum atomic E-state index is 0.0101. The summed E-state index contributed by atoms with van der Waals surface area (Å²) in [5.74, 6) is 0.0101. The van der Waals surface area contributed by atoms with Gasteiger partial charge in [0.05, 0.1) is 6.54 Å². The van der Waals surface area contributed by atoms with Crippen molar-refractivity contribution in [3.05, 3.63) is 50.7 Å². The predicted octanol–water partition coefficient (Wildman–Crippen LogP) is 4.27. The monoisotopic (exact) mass is 334 g/mol. The second-order valence-corrected chi connectivity index (χ2v) is 7.14. The first kappa shape index (κ1) is 15.5. The summed E-state index contributed by atoms with van der Waals surface area (Å²) in [6.45, 7) is 5.47. The zero-order valence-corrected chi connectivity index (χ0v) is 14.3. The van der Waals surface area contributed by atoms with Gasteiger partial charge >= 0.3 is 0 Å². The topological polar surface area (TPSA) is 32.3 Å². The van der Waals surface area contributed by atoms with Gasteiger partial charge in [-0.05, 0) is 55.0 Å². The van der Waals surface area contributed by atoms with Crippen LogP contribution in [0.5, 0.6) is 0 Å². The van der Waals surface area contributed by atoms with E-state index < -0.39 is 0 Å². The largest absolute Gasteiger partial charge is 0.325 e. The lowest BCUT2D eigenvalue weighted by molar-refractivity contribution is -0.117. The Bertz CT molecular complexity index is 698. The maximum atomic E-state index is 12.3. The van der Waals surface area contributed by atoms with Gasteiger partial charge in [0, 0.05) is 28.2 Å².